The van der Waals surface area contributed by atoms with Crippen LogP contribution in [0.5, 0.6) is 0 Å². The van der Waals surface area contributed by atoms with Crippen LogP contribution in [-0.4, -0.2) is 98.9 Å². The van der Waals surface area contributed by atoms with Crippen molar-refractivity contribution in [3.05, 3.63) is 0 Å². The molecule has 7 unspecified atom stereocenters. The summed E-state index contributed by atoms with van der Waals surface area (Å²) in [5.74, 6) is -2.09. The quantitative estimate of drug-likeness (QED) is 0.0318. The zero-order valence-electron chi connectivity index (χ0n) is 24.5. The van der Waals surface area contributed by atoms with Crippen molar-refractivity contribution in [3.63, 3.8) is 0 Å². The molecule has 1 aliphatic heterocycles. The van der Waals surface area contributed by atoms with Gasteiger partial charge in [0.05, 0.1) is 47.1 Å². The van der Waals surface area contributed by atoms with E-state index in [9.17, 15) is 44.2 Å². The van der Waals surface area contributed by atoms with Crippen molar-refractivity contribution in [1.82, 2.24) is 31.9 Å². The van der Waals surface area contributed by atoms with E-state index in [0.717, 1.165) is 12.0 Å². The van der Waals surface area contributed by atoms with Gasteiger partial charge in [0.25, 0.3) is 0 Å². The van der Waals surface area contributed by atoms with Crippen molar-refractivity contribution >= 4 is 42.4 Å². The molecule has 230 valence electrons. The van der Waals surface area contributed by atoms with Crippen molar-refractivity contribution in [3.8, 4) is 0 Å². The summed E-state index contributed by atoms with van der Waals surface area (Å²) in [4.78, 5) is 0. The van der Waals surface area contributed by atoms with Crippen molar-refractivity contribution in [1.29, 1.82) is 0 Å². The van der Waals surface area contributed by atoms with E-state index >= 15 is 0 Å². The molecule has 2 aliphatic carbocycles. The fourth-order valence-corrected chi connectivity index (χ4v) is 8.32. The minimum Gasteiger partial charge on any atom is -0.748 e. The first-order valence-corrected chi connectivity index (χ1v) is 17.5. The standard InChI is InChI=1S/C17H36N6O12S4.4Na/c24-34-35-36-13-9-10(8-12-11(13)2-1-3-14(12)39(31,32)33)20-17-22-15(18-4-6-37(25,26)27)21-16(23-17)19-5-7-38(28,29)30;;;;/h10-24H,1-9H2,(H,25,26,27)(H,28,29,30)(H,31,32,33);;;;/q;4*+1/p-4. The van der Waals surface area contributed by atoms with Gasteiger partial charge in [0, 0.05) is 36.4 Å². The normalized spacial score (nSPS) is 31.3. The maximum absolute atomic E-state index is 12.0. The van der Waals surface area contributed by atoms with E-state index in [4.69, 9.17) is 0 Å². The Bertz CT molecular complexity index is 1090. The zero-order valence-corrected chi connectivity index (χ0v) is 35.8. The van der Waals surface area contributed by atoms with E-state index in [0.29, 0.717) is 25.7 Å². The van der Waals surface area contributed by atoms with Crippen LogP contribution in [0, 0.1) is 11.8 Å². The van der Waals surface area contributed by atoms with Crippen LogP contribution in [0.15, 0.2) is 0 Å². The van der Waals surface area contributed by atoms with E-state index in [-0.39, 0.29) is 149 Å². The summed E-state index contributed by atoms with van der Waals surface area (Å²) in [6.45, 7) is -0.432. The summed E-state index contributed by atoms with van der Waals surface area (Å²) in [5, 5.41) is 30.3. The number of hydrogen-bond acceptors (Lipinski definition) is 19. The summed E-state index contributed by atoms with van der Waals surface area (Å²) >= 11 is 0.767. The van der Waals surface area contributed by atoms with Gasteiger partial charge in [-0.15, -0.1) is 0 Å². The average Bonchev–Trinajstić information content (AvgIpc) is 2.80. The molecule has 3 rings (SSSR count). The Morgan fingerprint density at radius 1 is 0.744 bits per heavy atom. The predicted molar refractivity (Wildman–Crippen MR) is 130 cm³/mol. The molecule has 0 radical (unpaired) electrons. The third-order valence-corrected chi connectivity index (χ3v) is 10.6. The van der Waals surface area contributed by atoms with Gasteiger partial charge in [0.2, 0.25) is 0 Å². The van der Waals surface area contributed by atoms with Crippen LogP contribution in [-0.2, 0) is 39.7 Å². The van der Waals surface area contributed by atoms with Gasteiger partial charge >= 0.3 is 118 Å². The van der Waals surface area contributed by atoms with Gasteiger partial charge in [0.1, 0.15) is 18.9 Å². The third-order valence-electron chi connectivity index (χ3n) is 6.97. The smallest absolute Gasteiger partial charge is 0.748 e. The van der Waals surface area contributed by atoms with E-state index < -0.39 is 77.9 Å². The summed E-state index contributed by atoms with van der Waals surface area (Å²) in [6.07, 6.45) is -0.198. The molecule has 43 heavy (non-hydrogen) atoms. The van der Waals surface area contributed by atoms with Crippen molar-refractivity contribution in [2.24, 2.45) is 11.8 Å². The van der Waals surface area contributed by atoms with Crippen LogP contribution in [0.2, 0.25) is 0 Å². The molecule has 2 saturated carbocycles. The molecule has 26 heteroatoms. The van der Waals surface area contributed by atoms with Crippen LogP contribution in [0.3, 0.4) is 0 Å². The molecule has 0 bridgehead atoms. The van der Waals surface area contributed by atoms with E-state index in [2.05, 4.69) is 41.3 Å². The summed E-state index contributed by atoms with van der Waals surface area (Å²) in [6, 6.07) is -0.394. The second-order valence-electron chi connectivity index (χ2n) is 9.63. The van der Waals surface area contributed by atoms with Gasteiger partial charge in [-0.1, -0.05) is 6.42 Å². The Hall–Kier alpha value is 3.72. The van der Waals surface area contributed by atoms with E-state index in [1.54, 1.807) is 0 Å². The first-order valence-electron chi connectivity index (χ1n) is 12.1. The fourth-order valence-electron chi connectivity index (χ4n) is 5.47. The molecule has 0 aromatic heterocycles. The minimum absolute atomic E-state index is 0. The Labute approximate surface area is 345 Å². The van der Waals surface area contributed by atoms with Gasteiger partial charge < -0.3 is 18.9 Å². The first kappa shape index (κ1) is 48.8. The maximum Gasteiger partial charge on any atom is 1.00 e. The number of nitrogens with one attached hydrogen (secondary N) is 6. The van der Waals surface area contributed by atoms with Crippen molar-refractivity contribution < 1.29 is 172 Å². The van der Waals surface area contributed by atoms with Crippen LogP contribution >= 0.6 is 12.0 Å². The molecule has 0 aromatic carbocycles. The molecular formula is C17H32N6Na4O12S4. The minimum atomic E-state index is -4.59. The third kappa shape index (κ3) is 18.0. The molecule has 0 aromatic rings. The van der Waals surface area contributed by atoms with Crippen LogP contribution in [0.1, 0.15) is 32.1 Å². The molecular weight excluding hydrogens is 700 g/mol. The molecule has 1 saturated heterocycles. The maximum atomic E-state index is 12.0. The first-order chi connectivity index (χ1) is 18.1. The monoisotopic (exact) mass is 732 g/mol. The van der Waals surface area contributed by atoms with Crippen molar-refractivity contribution in [2.75, 3.05) is 24.6 Å². The summed E-state index contributed by atoms with van der Waals surface area (Å²) in [7, 11) is -13.6. The SMILES string of the molecule is O=S(=O)([O-])CCNC1NC(NCCS(=O)(=O)[O-])NC(NC2CC(SOO[O-])C3CCCC(S(=O)(=O)[O-])C3C2)N1.[Na+].[Na+].[Na+].[Na+]. The summed E-state index contributed by atoms with van der Waals surface area (Å²) < 4.78 is 106. The molecule has 6 N–H and O–H groups in total. The van der Waals surface area contributed by atoms with Crippen molar-refractivity contribution in [2.45, 2.75) is 67.5 Å². The molecule has 3 fully saturated rings. The van der Waals surface area contributed by atoms with Crippen LogP contribution in [0.25, 0.3) is 0 Å². The molecule has 1 heterocycles. The molecule has 7 atom stereocenters. The van der Waals surface area contributed by atoms with Crippen LogP contribution < -0.4 is 155 Å². The zero-order chi connectivity index (χ0) is 28.8. The van der Waals surface area contributed by atoms with Gasteiger partial charge in [-0.2, -0.15) is 4.33 Å². The van der Waals surface area contributed by atoms with E-state index in [1.807, 2.05) is 0 Å². The van der Waals surface area contributed by atoms with Gasteiger partial charge in [0.15, 0.2) is 0 Å². The Morgan fingerprint density at radius 2 is 1.26 bits per heavy atom. The van der Waals surface area contributed by atoms with Gasteiger partial charge in [-0.25, -0.2) is 25.3 Å². The molecule has 18 nitrogen and oxygen atoms in total. The van der Waals surface area contributed by atoms with Gasteiger partial charge in [-0.3, -0.25) is 36.9 Å². The molecule has 0 spiro atoms. The molecule has 0 amide bonds. The Kier molecular flexibility index (Phi) is 25.6. The number of rotatable bonds is 14. The average molecular weight is 733 g/mol. The second kappa shape index (κ2) is 22.5. The predicted octanol–water partition coefficient (Wildman–Crippen LogP) is -16.8. The summed E-state index contributed by atoms with van der Waals surface area (Å²) in [5.41, 5.74) is 0. The number of fused-ring (bicyclic) bond motifs is 1. The fraction of sp³-hybridized carbons (Fsp3) is 1.00. The van der Waals surface area contributed by atoms with Gasteiger partial charge in [-0.05, 0) is 37.5 Å². The topological polar surface area (TPSA) is 285 Å². The molecule has 3 aliphatic rings. The Balaban J connectivity index is 0. The second-order valence-corrected chi connectivity index (χ2v) is 15.2. The largest absolute Gasteiger partial charge is 1.00 e. The van der Waals surface area contributed by atoms with E-state index in [1.165, 1.54) is 0 Å². The van der Waals surface area contributed by atoms with Crippen LogP contribution in [0.4, 0.5) is 0 Å². The number of hydrogen-bond donors (Lipinski definition) is 6. The Morgan fingerprint density at radius 3 is 1.72 bits per heavy atom.